The number of hydrogen-bond acceptors (Lipinski definition) is 4. The summed E-state index contributed by atoms with van der Waals surface area (Å²) in [4.78, 5) is 18.2. The highest BCUT2D eigenvalue weighted by Gasteiger charge is 2.29. The Hall–Kier alpha value is -3.41. The van der Waals surface area contributed by atoms with Crippen LogP contribution in [0.15, 0.2) is 59.8 Å². The molecule has 1 atom stereocenters. The lowest BCUT2D eigenvalue weighted by Gasteiger charge is -2.12. The summed E-state index contributed by atoms with van der Waals surface area (Å²) in [5, 5.41) is 11.6. The van der Waals surface area contributed by atoms with Crippen molar-refractivity contribution in [1.29, 1.82) is 0 Å². The molecule has 6 nitrogen and oxygen atoms in total. The minimum atomic E-state index is -0.655. The van der Waals surface area contributed by atoms with Crippen LogP contribution in [0.4, 0.5) is 5.82 Å². The van der Waals surface area contributed by atoms with E-state index < -0.39 is 6.10 Å². The number of carbonyl (C=O) groups is 1. The molecule has 0 radical (unpaired) electrons. The normalized spacial score (nSPS) is 15.8. The fraction of sp³-hybridized carbons (Fsp3) is 0.227. The summed E-state index contributed by atoms with van der Waals surface area (Å²) >= 11 is 0. The number of aryl methyl sites for hydroxylation is 3. The van der Waals surface area contributed by atoms with E-state index in [1.165, 1.54) is 0 Å². The summed E-state index contributed by atoms with van der Waals surface area (Å²) in [5.74, 6) is 0.379. The molecule has 3 aromatic rings. The van der Waals surface area contributed by atoms with Gasteiger partial charge in [0.25, 0.3) is 5.91 Å². The molecule has 1 N–H and O–H groups in total. The first-order valence-corrected chi connectivity index (χ1v) is 9.24. The molecule has 0 bridgehead atoms. The van der Waals surface area contributed by atoms with Crippen molar-refractivity contribution in [3.05, 3.63) is 77.0 Å². The smallest absolute Gasteiger partial charge is 0.269 e. The molecule has 1 unspecified atom stereocenters. The maximum Gasteiger partial charge on any atom is 0.269 e. The molecule has 0 saturated heterocycles. The van der Waals surface area contributed by atoms with Crippen LogP contribution in [0.5, 0.6) is 0 Å². The number of hydrogen-bond donors (Lipinski definition) is 1. The molecule has 0 saturated carbocycles. The van der Waals surface area contributed by atoms with Crippen molar-refractivity contribution >= 4 is 17.4 Å². The number of rotatable bonds is 4. The van der Waals surface area contributed by atoms with Gasteiger partial charge >= 0.3 is 0 Å². The van der Waals surface area contributed by atoms with E-state index in [4.69, 9.17) is 4.84 Å². The number of nitrogens with one attached hydrogen (secondary N) is 1. The Kier molecular flexibility index (Phi) is 4.69. The minimum absolute atomic E-state index is 0.236. The maximum absolute atomic E-state index is 12.8. The molecule has 28 heavy (non-hydrogen) atoms. The van der Waals surface area contributed by atoms with Crippen LogP contribution in [-0.4, -0.2) is 27.5 Å². The molecule has 2 heterocycles. The van der Waals surface area contributed by atoms with Gasteiger partial charge < -0.3 is 10.2 Å². The summed E-state index contributed by atoms with van der Waals surface area (Å²) in [7, 11) is 0. The average Bonchev–Trinajstić information content (AvgIpc) is 3.29. The molecule has 0 aliphatic carbocycles. The summed E-state index contributed by atoms with van der Waals surface area (Å²) in [5.41, 5.74) is 5.76. The molecule has 6 heteroatoms. The Morgan fingerprint density at radius 3 is 2.50 bits per heavy atom. The second-order valence-electron chi connectivity index (χ2n) is 7.12. The Morgan fingerprint density at radius 2 is 1.79 bits per heavy atom. The Balaban J connectivity index is 1.52. The van der Waals surface area contributed by atoms with Gasteiger partial charge in [-0.15, -0.1) is 0 Å². The Bertz CT molecular complexity index is 1030. The highest BCUT2D eigenvalue weighted by molar-refractivity contribution is 6.06. The Labute approximate surface area is 163 Å². The van der Waals surface area contributed by atoms with E-state index >= 15 is 0 Å². The van der Waals surface area contributed by atoms with Crippen LogP contribution in [0.1, 0.15) is 28.8 Å². The van der Waals surface area contributed by atoms with Gasteiger partial charge in [-0.25, -0.2) is 4.68 Å². The van der Waals surface area contributed by atoms with Crippen LogP contribution in [0.3, 0.4) is 0 Å². The van der Waals surface area contributed by atoms with Crippen LogP contribution in [-0.2, 0) is 9.63 Å². The Morgan fingerprint density at radius 1 is 1.07 bits per heavy atom. The van der Waals surface area contributed by atoms with E-state index in [0.29, 0.717) is 12.2 Å². The lowest BCUT2D eigenvalue weighted by Crippen LogP contribution is -2.29. The predicted octanol–water partition coefficient (Wildman–Crippen LogP) is 3.93. The molecule has 142 valence electrons. The third-order valence-electron chi connectivity index (χ3n) is 4.60. The zero-order valence-electron chi connectivity index (χ0n) is 16.1. The summed E-state index contributed by atoms with van der Waals surface area (Å²) in [6, 6.07) is 17.8. The number of nitrogens with zero attached hydrogens (tertiary/aromatic N) is 3. The predicted molar refractivity (Wildman–Crippen MR) is 109 cm³/mol. The molecular weight excluding hydrogens is 352 g/mol. The average molecular weight is 374 g/mol. The molecule has 1 amide bonds. The van der Waals surface area contributed by atoms with Crippen molar-refractivity contribution in [3.8, 4) is 5.69 Å². The van der Waals surface area contributed by atoms with Crippen LogP contribution in [0, 0.1) is 20.8 Å². The topological polar surface area (TPSA) is 68.5 Å². The van der Waals surface area contributed by atoms with E-state index in [1.54, 1.807) is 4.68 Å². The van der Waals surface area contributed by atoms with Gasteiger partial charge in [-0.2, -0.15) is 5.10 Å². The highest BCUT2D eigenvalue weighted by Crippen LogP contribution is 2.22. The van der Waals surface area contributed by atoms with E-state index in [9.17, 15) is 4.79 Å². The van der Waals surface area contributed by atoms with Crippen molar-refractivity contribution in [3.63, 3.8) is 0 Å². The number of amides is 1. The van der Waals surface area contributed by atoms with Crippen molar-refractivity contribution in [2.24, 2.45) is 5.16 Å². The second kappa shape index (κ2) is 7.31. The lowest BCUT2D eigenvalue weighted by molar-refractivity contribution is -0.125. The van der Waals surface area contributed by atoms with Crippen molar-refractivity contribution in [2.75, 3.05) is 5.32 Å². The number of oxime groups is 1. The maximum atomic E-state index is 12.8. The molecule has 0 fully saturated rings. The molecule has 4 rings (SSSR count). The monoisotopic (exact) mass is 374 g/mol. The lowest BCUT2D eigenvalue weighted by atomic mass is 10.0. The van der Waals surface area contributed by atoms with Crippen LogP contribution >= 0.6 is 0 Å². The molecule has 0 spiro atoms. The van der Waals surface area contributed by atoms with Crippen LogP contribution < -0.4 is 5.32 Å². The van der Waals surface area contributed by atoms with E-state index in [0.717, 1.165) is 33.8 Å². The number of benzene rings is 2. The van der Waals surface area contributed by atoms with E-state index in [1.807, 2.05) is 69.3 Å². The largest absolute Gasteiger partial charge is 0.382 e. The summed E-state index contributed by atoms with van der Waals surface area (Å²) < 4.78 is 1.75. The van der Waals surface area contributed by atoms with Crippen molar-refractivity contribution in [2.45, 2.75) is 33.3 Å². The zero-order chi connectivity index (χ0) is 19.7. The van der Waals surface area contributed by atoms with Gasteiger partial charge in [-0.1, -0.05) is 41.6 Å². The molecule has 1 aliphatic rings. The van der Waals surface area contributed by atoms with Gasteiger partial charge in [-0.05, 0) is 49.6 Å². The number of carbonyl (C=O) groups excluding carboxylic acids is 1. The van der Waals surface area contributed by atoms with Gasteiger partial charge in [0.1, 0.15) is 5.82 Å². The quantitative estimate of drug-likeness (QED) is 0.752. The van der Waals surface area contributed by atoms with Gasteiger partial charge in [0, 0.05) is 12.5 Å². The fourth-order valence-electron chi connectivity index (χ4n) is 3.38. The second-order valence-corrected chi connectivity index (χ2v) is 7.12. The van der Waals surface area contributed by atoms with Crippen molar-refractivity contribution in [1.82, 2.24) is 9.78 Å². The van der Waals surface area contributed by atoms with Gasteiger partial charge in [-0.3, -0.25) is 4.79 Å². The molecule has 1 aliphatic heterocycles. The highest BCUT2D eigenvalue weighted by atomic mass is 16.6. The van der Waals surface area contributed by atoms with Crippen LogP contribution in [0.2, 0.25) is 0 Å². The summed E-state index contributed by atoms with van der Waals surface area (Å²) in [6.45, 7) is 5.98. The minimum Gasteiger partial charge on any atom is -0.382 e. The summed E-state index contributed by atoms with van der Waals surface area (Å²) in [6.07, 6.45) is -0.218. The van der Waals surface area contributed by atoms with E-state index in [2.05, 4.69) is 21.6 Å². The number of anilines is 1. The van der Waals surface area contributed by atoms with Gasteiger partial charge in [0.15, 0.2) is 0 Å². The van der Waals surface area contributed by atoms with Gasteiger partial charge in [0.05, 0.1) is 17.1 Å². The van der Waals surface area contributed by atoms with Crippen LogP contribution in [0.25, 0.3) is 5.69 Å². The van der Waals surface area contributed by atoms with E-state index in [-0.39, 0.29) is 5.91 Å². The molecular formula is C22H22N4O2. The first-order valence-electron chi connectivity index (χ1n) is 9.24. The van der Waals surface area contributed by atoms with Crippen molar-refractivity contribution < 1.29 is 9.63 Å². The third-order valence-corrected chi connectivity index (χ3v) is 4.60. The third kappa shape index (κ3) is 3.67. The standard InChI is InChI=1S/C22H22N4O2/c1-14-9-15(2)11-18(10-14)26-21(12-16(3)24-26)23-22(27)20-13-19(25-28-20)17-7-5-4-6-8-17/h4-12,20H,13H2,1-3H3,(H,23,27). The zero-order valence-corrected chi connectivity index (χ0v) is 16.1. The first-order chi connectivity index (χ1) is 13.5. The fourth-order valence-corrected chi connectivity index (χ4v) is 3.38. The first kappa shape index (κ1) is 18.0. The van der Waals surface area contributed by atoms with Gasteiger partial charge in [0.2, 0.25) is 6.10 Å². The number of aromatic nitrogens is 2. The molecule has 2 aromatic carbocycles. The SMILES string of the molecule is Cc1cc(C)cc(-n2nc(C)cc2NC(=O)C2CC(c3ccccc3)=NO2)c1. The molecule has 1 aromatic heterocycles.